The first-order valence-electron chi connectivity index (χ1n) is 10.4. The van der Waals surface area contributed by atoms with Gasteiger partial charge in [0.2, 0.25) is 17.2 Å². The summed E-state index contributed by atoms with van der Waals surface area (Å²) in [6, 6.07) is 8.91. The van der Waals surface area contributed by atoms with Crippen molar-refractivity contribution in [3.8, 4) is 0 Å². The highest BCUT2D eigenvalue weighted by Crippen LogP contribution is 2.21. The number of amides is 3. The number of fused-ring (bicyclic) bond motifs is 1. The van der Waals surface area contributed by atoms with Crippen molar-refractivity contribution in [2.45, 2.75) is 26.7 Å². The van der Waals surface area contributed by atoms with Gasteiger partial charge in [-0.15, -0.1) is 4.58 Å². The number of piperidine rings is 1. The predicted octanol–water partition coefficient (Wildman–Crippen LogP) is -0.696. The van der Waals surface area contributed by atoms with Crippen molar-refractivity contribution in [2.75, 3.05) is 31.1 Å². The normalized spacial score (nSPS) is 18.5. The molecule has 31 heavy (non-hydrogen) atoms. The van der Waals surface area contributed by atoms with Crippen LogP contribution in [-0.4, -0.2) is 53.9 Å². The standard InChI is InChI=1S/C22H24N6O3/c1-14-12-15(2)25-22(24-14)27-10-5-6-16(13-27)19(29)23-9-11-28-18-8-4-3-7-17(18)26-20(30)21(28)31/h3-4,7-8,12,16H,5-6,9-11,13H2,1-2H3/p+1. The van der Waals surface area contributed by atoms with Gasteiger partial charge in [0.15, 0.2) is 6.54 Å². The van der Waals surface area contributed by atoms with Crippen molar-refractivity contribution in [3.63, 3.8) is 0 Å². The van der Waals surface area contributed by atoms with Gasteiger partial charge in [0.25, 0.3) is 0 Å². The van der Waals surface area contributed by atoms with Crippen molar-refractivity contribution in [2.24, 2.45) is 10.9 Å². The van der Waals surface area contributed by atoms with E-state index in [2.05, 4.69) is 25.2 Å². The fourth-order valence-corrected chi connectivity index (χ4v) is 4.05. The average molecular weight is 421 g/mol. The summed E-state index contributed by atoms with van der Waals surface area (Å²) in [6.07, 6.45) is 1.67. The van der Waals surface area contributed by atoms with Crippen LogP contribution in [-0.2, 0) is 14.4 Å². The topological polar surface area (TPSA) is 108 Å². The smallest absolute Gasteiger partial charge is 0.349 e. The fourth-order valence-electron chi connectivity index (χ4n) is 4.05. The molecule has 0 bridgehead atoms. The second-order valence-corrected chi connectivity index (χ2v) is 7.89. The summed E-state index contributed by atoms with van der Waals surface area (Å²) in [5.41, 5.74) is 1.81. The largest absolute Gasteiger partial charge is 0.480 e. The Morgan fingerprint density at radius 1 is 1.19 bits per heavy atom. The number of carbonyl (C=O) groups is 3. The van der Waals surface area contributed by atoms with Gasteiger partial charge in [-0.1, -0.05) is 12.1 Å². The summed E-state index contributed by atoms with van der Waals surface area (Å²) < 4.78 is 1.38. The minimum Gasteiger partial charge on any atom is -0.349 e. The molecule has 1 aromatic carbocycles. The maximum atomic E-state index is 12.8. The van der Waals surface area contributed by atoms with E-state index in [9.17, 15) is 14.4 Å². The third kappa shape index (κ3) is 4.50. The molecule has 1 unspecified atom stereocenters. The number of aromatic nitrogens is 2. The number of aryl methyl sites for hydroxylation is 2. The van der Waals surface area contributed by atoms with Crippen LogP contribution in [0.2, 0.25) is 0 Å². The van der Waals surface area contributed by atoms with Gasteiger partial charge in [-0.25, -0.2) is 14.8 Å². The molecule has 1 fully saturated rings. The van der Waals surface area contributed by atoms with E-state index in [0.29, 0.717) is 23.2 Å². The summed E-state index contributed by atoms with van der Waals surface area (Å²) in [4.78, 5) is 51.8. The van der Waals surface area contributed by atoms with Crippen molar-refractivity contribution >= 4 is 23.7 Å². The highest BCUT2D eigenvalue weighted by Gasteiger charge is 2.32. The number of nitrogens with one attached hydrogen (secondary N) is 1. The zero-order valence-corrected chi connectivity index (χ0v) is 17.7. The SMILES string of the molecule is Cc1cc(C)nc(N2CCCC(C(=O)NCC[N+]3=c4ccccc4=NC(=O)C3=O)C2)n1. The fraction of sp³-hybridized carbons (Fsp3) is 0.409. The number of para-hydroxylation sites is 2. The molecule has 160 valence electrons. The van der Waals surface area contributed by atoms with E-state index in [4.69, 9.17) is 0 Å². The van der Waals surface area contributed by atoms with Gasteiger partial charge in [-0.05, 0) is 38.8 Å². The quantitative estimate of drug-likeness (QED) is 0.506. The predicted molar refractivity (Wildman–Crippen MR) is 113 cm³/mol. The third-order valence-electron chi connectivity index (χ3n) is 5.50. The van der Waals surface area contributed by atoms with Crippen molar-refractivity contribution < 1.29 is 14.4 Å². The van der Waals surface area contributed by atoms with Crippen LogP contribution in [0.3, 0.4) is 0 Å². The number of hydrogen-bond donors (Lipinski definition) is 1. The molecule has 9 heteroatoms. The van der Waals surface area contributed by atoms with E-state index < -0.39 is 11.8 Å². The molecule has 3 amide bonds. The number of nitrogens with zero attached hydrogens (tertiary/aromatic N) is 5. The Morgan fingerprint density at radius 2 is 1.94 bits per heavy atom. The summed E-state index contributed by atoms with van der Waals surface area (Å²) in [7, 11) is 0. The molecule has 9 nitrogen and oxygen atoms in total. The molecule has 0 spiro atoms. The zero-order valence-electron chi connectivity index (χ0n) is 17.7. The second kappa shape index (κ2) is 8.71. The first kappa shape index (κ1) is 20.8. The van der Waals surface area contributed by atoms with Gasteiger partial charge >= 0.3 is 11.8 Å². The lowest BCUT2D eigenvalue weighted by atomic mass is 9.97. The Labute approximate surface area is 179 Å². The zero-order chi connectivity index (χ0) is 22.0. The maximum Gasteiger partial charge on any atom is 0.480 e. The molecule has 2 aliphatic heterocycles. The van der Waals surface area contributed by atoms with Gasteiger partial charge in [0, 0.05) is 30.5 Å². The van der Waals surface area contributed by atoms with E-state index in [1.165, 1.54) is 4.58 Å². The Kier molecular flexibility index (Phi) is 5.83. The second-order valence-electron chi connectivity index (χ2n) is 7.89. The Balaban J connectivity index is 1.41. The van der Waals surface area contributed by atoms with Gasteiger partial charge in [0.1, 0.15) is 5.36 Å². The van der Waals surface area contributed by atoms with Crippen LogP contribution < -0.4 is 25.5 Å². The molecule has 1 saturated heterocycles. The lowest BCUT2D eigenvalue weighted by molar-refractivity contribution is -0.139. The molecule has 1 atom stereocenters. The third-order valence-corrected chi connectivity index (χ3v) is 5.50. The van der Waals surface area contributed by atoms with Crippen LogP contribution in [0.5, 0.6) is 0 Å². The van der Waals surface area contributed by atoms with Crippen LogP contribution in [0.15, 0.2) is 35.3 Å². The molecule has 2 aliphatic rings. The van der Waals surface area contributed by atoms with Crippen molar-refractivity contribution in [3.05, 3.63) is 52.4 Å². The minimum absolute atomic E-state index is 0.0668. The van der Waals surface area contributed by atoms with Crippen molar-refractivity contribution in [1.82, 2.24) is 19.9 Å². The van der Waals surface area contributed by atoms with E-state index >= 15 is 0 Å². The molecule has 3 heterocycles. The van der Waals surface area contributed by atoms with Crippen molar-refractivity contribution in [1.29, 1.82) is 0 Å². The van der Waals surface area contributed by atoms with Crippen LogP contribution in [0.4, 0.5) is 5.95 Å². The van der Waals surface area contributed by atoms with E-state index in [1.54, 1.807) is 24.3 Å². The molecule has 4 rings (SSSR count). The summed E-state index contributed by atoms with van der Waals surface area (Å²) in [5, 5.41) is 3.97. The molecular formula is C22H25N6O3+. The maximum absolute atomic E-state index is 12.8. The number of carbonyl (C=O) groups excluding carboxylic acids is 3. The van der Waals surface area contributed by atoms with Crippen LogP contribution in [0.1, 0.15) is 24.2 Å². The highest BCUT2D eigenvalue weighted by atomic mass is 16.2. The van der Waals surface area contributed by atoms with Crippen LogP contribution in [0.25, 0.3) is 0 Å². The Bertz CT molecular complexity index is 1160. The van der Waals surface area contributed by atoms with Crippen LogP contribution in [0, 0.1) is 19.8 Å². The lowest BCUT2D eigenvalue weighted by Gasteiger charge is -2.32. The first-order valence-corrected chi connectivity index (χ1v) is 10.4. The van der Waals surface area contributed by atoms with Gasteiger partial charge < -0.3 is 10.2 Å². The first-order chi connectivity index (χ1) is 14.9. The minimum atomic E-state index is -0.790. The Hall–Kier alpha value is -3.49. The number of benzene rings is 1. The van der Waals surface area contributed by atoms with E-state index in [-0.39, 0.29) is 24.9 Å². The average Bonchev–Trinajstić information content (AvgIpc) is 2.75. The molecule has 1 aromatic heterocycles. The van der Waals surface area contributed by atoms with Gasteiger partial charge in [-0.2, -0.15) is 4.99 Å². The summed E-state index contributed by atoms with van der Waals surface area (Å²) >= 11 is 0. The van der Waals surface area contributed by atoms with Gasteiger partial charge in [-0.3, -0.25) is 9.59 Å². The molecule has 0 radical (unpaired) electrons. The highest BCUT2D eigenvalue weighted by molar-refractivity contribution is 6.36. The molecular weight excluding hydrogens is 396 g/mol. The molecule has 2 aromatic rings. The summed E-state index contributed by atoms with van der Waals surface area (Å²) in [6.45, 7) is 5.70. The van der Waals surface area contributed by atoms with E-state index in [0.717, 1.165) is 30.8 Å². The number of hydrogen-bond acceptors (Lipinski definition) is 6. The Morgan fingerprint density at radius 3 is 2.71 bits per heavy atom. The lowest BCUT2D eigenvalue weighted by Crippen LogP contribution is -2.53. The summed E-state index contributed by atoms with van der Waals surface area (Å²) in [5.74, 6) is -1.06. The molecule has 0 aliphatic carbocycles. The van der Waals surface area contributed by atoms with Crippen LogP contribution >= 0.6 is 0 Å². The molecule has 1 N–H and O–H groups in total. The van der Waals surface area contributed by atoms with E-state index in [1.807, 2.05) is 19.9 Å². The number of rotatable bonds is 5. The van der Waals surface area contributed by atoms with Gasteiger partial charge in [0.05, 0.1) is 12.5 Å². The monoisotopic (exact) mass is 421 g/mol. The number of anilines is 1. The molecule has 0 saturated carbocycles.